The molecule has 0 bridgehead atoms. The van der Waals surface area contributed by atoms with Crippen LogP contribution in [0.4, 0.5) is 0 Å². The molecule has 1 atom stereocenters. The minimum atomic E-state index is -0.425. The second-order valence-electron chi connectivity index (χ2n) is 4.43. The van der Waals surface area contributed by atoms with Crippen molar-refractivity contribution in [3.05, 3.63) is 29.6 Å². The molecule has 0 aromatic carbocycles. The van der Waals surface area contributed by atoms with E-state index in [0.29, 0.717) is 13.1 Å². The number of amides is 2. The second kappa shape index (κ2) is 5.77. The Kier molecular flexibility index (Phi) is 4.08. The summed E-state index contributed by atoms with van der Waals surface area (Å²) in [5, 5.41) is 2.80. The van der Waals surface area contributed by atoms with Crippen LogP contribution in [0.3, 0.4) is 0 Å². The number of nitrogens with one attached hydrogen (secondary N) is 2. The highest BCUT2D eigenvalue weighted by molar-refractivity contribution is 5.91. The van der Waals surface area contributed by atoms with Crippen LogP contribution in [-0.2, 0) is 11.3 Å². The number of hydrogen-bond acceptors (Lipinski definition) is 5. The van der Waals surface area contributed by atoms with Gasteiger partial charge in [0.1, 0.15) is 5.69 Å². The fourth-order valence-corrected chi connectivity index (χ4v) is 2.02. The van der Waals surface area contributed by atoms with Gasteiger partial charge in [0, 0.05) is 19.6 Å². The van der Waals surface area contributed by atoms with Gasteiger partial charge in [-0.15, -0.1) is 0 Å². The van der Waals surface area contributed by atoms with Crippen molar-refractivity contribution in [1.29, 1.82) is 0 Å². The molecule has 1 aliphatic heterocycles. The normalized spacial score (nSPS) is 19.9. The highest BCUT2D eigenvalue weighted by Gasteiger charge is 2.25. The molecule has 19 heavy (non-hydrogen) atoms. The molecule has 2 amide bonds. The molecule has 2 heterocycles. The minimum absolute atomic E-state index is 0.0158. The average Bonchev–Trinajstić information content (AvgIpc) is 2.43. The van der Waals surface area contributed by atoms with Crippen molar-refractivity contribution in [2.45, 2.75) is 19.5 Å². The molecular formula is C12H17N5O2. The monoisotopic (exact) mass is 263 g/mol. The summed E-state index contributed by atoms with van der Waals surface area (Å²) in [7, 11) is 0. The third kappa shape index (κ3) is 3.07. The Morgan fingerprint density at radius 3 is 3.16 bits per heavy atom. The molecule has 1 aromatic rings. The number of nitrogens with two attached hydrogens (primary N) is 1. The third-order valence-electron chi connectivity index (χ3n) is 3.16. The molecule has 4 N–H and O–H groups in total. The van der Waals surface area contributed by atoms with E-state index >= 15 is 0 Å². The van der Waals surface area contributed by atoms with Crippen LogP contribution < -0.4 is 16.6 Å². The SMILES string of the molecule is CC1C(=O)NCCN1Cc1cccc(C(=O)NN)n1. The van der Waals surface area contributed by atoms with Crippen molar-refractivity contribution < 1.29 is 9.59 Å². The topological polar surface area (TPSA) is 100 Å². The molecule has 0 spiro atoms. The van der Waals surface area contributed by atoms with Gasteiger partial charge in [-0.1, -0.05) is 6.07 Å². The molecule has 0 radical (unpaired) electrons. The van der Waals surface area contributed by atoms with Gasteiger partial charge in [-0.05, 0) is 19.1 Å². The molecule has 1 aliphatic rings. The Morgan fingerprint density at radius 2 is 2.42 bits per heavy atom. The van der Waals surface area contributed by atoms with Gasteiger partial charge in [0.15, 0.2) is 0 Å². The number of nitrogens with zero attached hydrogens (tertiary/aromatic N) is 2. The van der Waals surface area contributed by atoms with Crippen LogP contribution in [0.2, 0.25) is 0 Å². The van der Waals surface area contributed by atoms with E-state index in [4.69, 9.17) is 5.84 Å². The lowest BCUT2D eigenvalue weighted by Gasteiger charge is -2.32. The standard InChI is InChI=1S/C12H17N5O2/c1-8-11(18)14-5-6-17(8)7-9-3-2-4-10(15-9)12(19)16-13/h2-4,8H,5-7,13H2,1H3,(H,14,18)(H,16,19). The van der Waals surface area contributed by atoms with E-state index in [0.717, 1.165) is 12.2 Å². The molecule has 7 heteroatoms. The van der Waals surface area contributed by atoms with Gasteiger partial charge in [0.2, 0.25) is 5.91 Å². The van der Waals surface area contributed by atoms with Crippen molar-refractivity contribution in [1.82, 2.24) is 20.6 Å². The van der Waals surface area contributed by atoms with Gasteiger partial charge in [-0.3, -0.25) is 19.9 Å². The number of hydrazine groups is 1. The number of pyridine rings is 1. The Hall–Kier alpha value is -1.99. The zero-order chi connectivity index (χ0) is 13.8. The Balaban J connectivity index is 2.10. The van der Waals surface area contributed by atoms with Crippen molar-refractivity contribution in [2.24, 2.45) is 5.84 Å². The van der Waals surface area contributed by atoms with Gasteiger partial charge in [0.05, 0.1) is 11.7 Å². The number of nitrogen functional groups attached to an aromatic ring is 1. The Bertz CT molecular complexity index is 491. The predicted molar refractivity (Wildman–Crippen MR) is 68.8 cm³/mol. The maximum absolute atomic E-state index is 11.6. The number of hydrogen-bond donors (Lipinski definition) is 3. The van der Waals surface area contributed by atoms with E-state index in [-0.39, 0.29) is 17.6 Å². The molecule has 0 aliphatic carbocycles. The number of carbonyl (C=O) groups excluding carboxylic acids is 2. The van der Waals surface area contributed by atoms with Crippen LogP contribution in [0.25, 0.3) is 0 Å². The first-order valence-electron chi connectivity index (χ1n) is 6.10. The van der Waals surface area contributed by atoms with E-state index in [2.05, 4.69) is 10.3 Å². The lowest BCUT2D eigenvalue weighted by atomic mass is 10.2. The molecule has 7 nitrogen and oxygen atoms in total. The number of aromatic nitrogens is 1. The first-order valence-corrected chi connectivity index (χ1v) is 6.10. The fraction of sp³-hybridized carbons (Fsp3) is 0.417. The average molecular weight is 263 g/mol. The lowest BCUT2D eigenvalue weighted by molar-refractivity contribution is -0.128. The van der Waals surface area contributed by atoms with Crippen LogP contribution in [0.15, 0.2) is 18.2 Å². The van der Waals surface area contributed by atoms with E-state index < -0.39 is 5.91 Å². The van der Waals surface area contributed by atoms with Gasteiger partial charge < -0.3 is 5.32 Å². The summed E-state index contributed by atoms with van der Waals surface area (Å²) < 4.78 is 0. The third-order valence-corrected chi connectivity index (χ3v) is 3.16. The molecule has 1 aromatic heterocycles. The van der Waals surface area contributed by atoms with Crippen molar-refractivity contribution >= 4 is 11.8 Å². The molecule has 1 fully saturated rings. The van der Waals surface area contributed by atoms with E-state index in [1.807, 2.05) is 23.3 Å². The molecule has 102 valence electrons. The molecule has 0 saturated carbocycles. The summed E-state index contributed by atoms with van der Waals surface area (Å²) in [6.45, 7) is 3.78. The van der Waals surface area contributed by atoms with Crippen LogP contribution in [0, 0.1) is 0 Å². The maximum atomic E-state index is 11.6. The van der Waals surface area contributed by atoms with Crippen LogP contribution in [-0.4, -0.2) is 40.8 Å². The smallest absolute Gasteiger partial charge is 0.283 e. The molecule has 1 saturated heterocycles. The van der Waals surface area contributed by atoms with Crippen LogP contribution in [0.1, 0.15) is 23.1 Å². The summed E-state index contributed by atoms with van der Waals surface area (Å²) in [5.74, 6) is 4.67. The van der Waals surface area contributed by atoms with Crippen LogP contribution in [0.5, 0.6) is 0 Å². The summed E-state index contributed by atoms with van der Waals surface area (Å²) in [5.41, 5.74) is 3.06. The zero-order valence-electron chi connectivity index (χ0n) is 10.7. The van der Waals surface area contributed by atoms with E-state index in [1.54, 1.807) is 12.1 Å². The summed E-state index contributed by atoms with van der Waals surface area (Å²) in [4.78, 5) is 29.2. The van der Waals surface area contributed by atoms with Gasteiger partial charge >= 0.3 is 0 Å². The molecular weight excluding hydrogens is 246 g/mol. The summed E-state index contributed by atoms with van der Waals surface area (Å²) >= 11 is 0. The van der Waals surface area contributed by atoms with Gasteiger partial charge in [0.25, 0.3) is 5.91 Å². The van der Waals surface area contributed by atoms with Gasteiger partial charge in [-0.2, -0.15) is 0 Å². The highest BCUT2D eigenvalue weighted by Crippen LogP contribution is 2.09. The Morgan fingerprint density at radius 1 is 1.63 bits per heavy atom. The quantitative estimate of drug-likeness (QED) is 0.369. The molecule has 1 unspecified atom stereocenters. The summed E-state index contributed by atoms with van der Waals surface area (Å²) in [6.07, 6.45) is 0. The fourth-order valence-electron chi connectivity index (χ4n) is 2.02. The predicted octanol–water partition coefficient (Wildman–Crippen LogP) is -0.995. The number of piperazine rings is 1. The van der Waals surface area contributed by atoms with Gasteiger partial charge in [-0.25, -0.2) is 10.8 Å². The second-order valence-corrected chi connectivity index (χ2v) is 4.43. The van der Waals surface area contributed by atoms with E-state index in [1.165, 1.54) is 0 Å². The number of carbonyl (C=O) groups is 2. The first-order chi connectivity index (χ1) is 9.11. The number of rotatable bonds is 3. The van der Waals surface area contributed by atoms with Crippen molar-refractivity contribution in [2.75, 3.05) is 13.1 Å². The largest absolute Gasteiger partial charge is 0.353 e. The minimum Gasteiger partial charge on any atom is -0.353 e. The summed E-state index contributed by atoms with van der Waals surface area (Å²) in [6, 6.07) is 4.98. The van der Waals surface area contributed by atoms with Crippen LogP contribution >= 0.6 is 0 Å². The van der Waals surface area contributed by atoms with Crippen molar-refractivity contribution in [3.8, 4) is 0 Å². The lowest BCUT2D eigenvalue weighted by Crippen LogP contribution is -2.53. The Labute approximate surface area is 111 Å². The van der Waals surface area contributed by atoms with E-state index in [9.17, 15) is 9.59 Å². The first kappa shape index (κ1) is 13.4. The molecule has 2 rings (SSSR count). The maximum Gasteiger partial charge on any atom is 0.283 e. The van der Waals surface area contributed by atoms with Crippen molar-refractivity contribution in [3.63, 3.8) is 0 Å². The highest BCUT2D eigenvalue weighted by atomic mass is 16.2. The zero-order valence-corrected chi connectivity index (χ0v) is 10.7.